The van der Waals surface area contributed by atoms with E-state index in [4.69, 9.17) is 18.3 Å². The molecule has 2 aromatic carbocycles. The molecular formula is C20H15O9+. The van der Waals surface area contributed by atoms with Gasteiger partial charge in [-0.15, -0.1) is 0 Å². The molecule has 2 aromatic heterocycles. The molecule has 29 heavy (non-hydrogen) atoms. The summed E-state index contributed by atoms with van der Waals surface area (Å²) in [5, 5.41) is 30.7. The molecule has 2 heterocycles. The van der Waals surface area contributed by atoms with Crippen molar-refractivity contribution in [1.29, 1.82) is 0 Å². The van der Waals surface area contributed by atoms with Gasteiger partial charge in [-0.25, -0.2) is 4.79 Å². The molecule has 0 atom stereocenters. The summed E-state index contributed by atoms with van der Waals surface area (Å²) in [5.74, 6) is -2.28. The molecule has 4 rings (SSSR count). The Morgan fingerprint density at radius 2 is 1.52 bits per heavy atom. The number of carboxylic acids is 1. The van der Waals surface area contributed by atoms with Gasteiger partial charge in [0.05, 0.1) is 31.7 Å². The Morgan fingerprint density at radius 3 is 2.07 bits per heavy atom. The number of carbonyl (C=O) groups is 1. The first kappa shape index (κ1) is 18.2. The van der Waals surface area contributed by atoms with Crippen molar-refractivity contribution in [1.82, 2.24) is 0 Å². The van der Waals surface area contributed by atoms with Gasteiger partial charge in [-0.2, -0.15) is 0 Å². The predicted molar refractivity (Wildman–Crippen MR) is 99.9 cm³/mol. The minimum Gasteiger partial charge on any atom is -0.504 e. The Kier molecular flexibility index (Phi) is 4.08. The highest BCUT2D eigenvalue weighted by atomic mass is 16.5. The molecule has 0 saturated heterocycles. The zero-order chi connectivity index (χ0) is 20.9. The number of benzene rings is 2. The summed E-state index contributed by atoms with van der Waals surface area (Å²) >= 11 is 0. The lowest BCUT2D eigenvalue weighted by molar-refractivity contribution is 0.0663. The number of phenols is 1. The van der Waals surface area contributed by atoms with Gasteiger partial charge >= 0.3 is 11.4 Å². The molecule has 148 valence electrons. The number of carboxylic acid groups (broad SMARTS) is 1. The van der Waals surface area contributed by atoms with Gasteiger partial charge in [-0.05, 0) is 12.1 Å². The molecule has 0 aliphatic carbocycles. The van der Waals surface area contributed by atoms with E-state index in [-0.39, 0.29) is 56.3 Å². The molecule has 0 fully saturated rings. The topological polar surface area (TPSA) is 144 Å². The zero-order valence-electron chi connectivity index (χ0n) is 15.2. The molecule has 0 unspecified atom stereocenters. The largest absolute Gasteiger partial charge is 0.504 e. The number of phenolic OH excluding ortho intramolecular Hbond substituents is 1. The highest BCUT2D eigenvalue weighted by Gasteiger charge is 2.23. The number of ether oxygens (including phenoxy) is 2. The fraction of sp³-hybridized carbons (Fsp3) is 0.100. The quantitative estimate of drug-likeness (QED) is 0.444. The van der Waals surface area contributed by atoms with E-state index < -0.39 is 11.7 Å². The second-order valence-electron chi connectivity index (χ2n) is 6.16. The van der Waals surface area contributed by atoms with Crippen LogP contribution in [0.1, 0.15) is 10.6 Å². The summed E-state index contributed by atoms with van der Waals surface area (Å²) in [6.45, 7) is 0. The molecule has 4 N–H and O–H groups in total. The Balaban J connectivity index is 2.13. The van der Waals surface area contributed by atoms with Crippen LogP contribution in [-0.4, -0.2) is 40.3 Å². The molecule has 0 amide bonds. The summed E-state index contributed by atoms with van der Waals surface area (Å²) in [5.41, 5.74) is 0.246. The van der Waals surface area contributed by atoms with E-state index in [0.717, 1.165) is 6.07 Å². The maximum atomic E-state index is 11.4. The van der Waals surface area contributed by atoms with E-state index in [1.165, 1.54) is 38.5 Å². The average molecular weight is 399 g/mol. The van der Waals surface area contributed by atoms with E-state index in [1.807, 2.05) is 0 Å². The number of aromatic carboxylic acids is 1. The van der Waals surface area contributed by atoms with Gasteiger partial charge in [-0.1, -0.05) is 0 Å². The smallest absolute Gasteiger partial charge is 0.371 e. The molecule has 0 bridgehead atoms. The minimum absolute atomic E-state index is 0.0290. The van der Waals surface area contributed by atoms with Crippen LogP contribution in [0.3, 0.4) is 0 Å². The molecule has 4 aromatic rings. The molecule has 9 nitrogen and oxygen atoms in total. The third-order valence-corrected chi connectivity index (χ3v) is 4.45. The fourth-order valence-electron chi connectivity index (χ4n) is 3.15. The second kappa shape index (κ2) is 6.48. The van der Waals surface area contributed by atoms with Gasteiger partial charge in [0.15, 0.2) is 23.0 Å². The van der Waals surface area contributed by atoms with Crippen LogP contribution in [0.15, 0.2) is 39.2 Å². The van der Waals surface area contributed by atoms with Crippen molar-refractivity contribution in [2.45, 2.75) is 0 Å². The van der Waals surface area contributed by atoms with Crippen molar-refractivity contribution in [3.8, 4) is 34.3 Å². The first-order valence-electron chi connectivity index (χ1n) is 8.28. The van der Waals surface area contributed by atoms with E-state index in [2.05, 4.69) is 0 Å². The Labute approximate surface area is 161 Å². The molecule has 0 radical (unpaired) electrons. The first-order valence-corrected chi connectivity index (χ1v) is 8.28. The summed E-state index contributed by atoms with van der Waals surface area (Å²) in [4.78, 5) is 21.4. The SMILES string of the molecule is COc1cc(-c2oc3cc(=[OH+])cc4oc(C(=O)O)cc(c2O)c43)cc(OC)c1O. The Hall–Kier alpha value is -4.14. The van der Waals surface area contributed by atoms with E-state index in [0.29, 0.717) is 5.39 Å². The van der Waals surface area contributed by atoms with Crippen molar-refractivity contribution in [3.63, 3.8) is 0 Å². The van der Waals surface area contributed by atoms with Crippen molar-refractivity contribution < 1.29 is 43.2 Å². The van der Waals surface area contributed by atoms with Gasteiger partial charge < -0.3 is 33.6 Å². The first-order chi connectivity index (χ1) is 13.8. The summed E-state index contributed by atoms with van der Waals surface area (Å²) in [6, 6.07) is 6.53. The molecular weight excluding hydrogens is 384 g/mol. The van der Waals surface area contributed by atoms with E-state index in [1.54, 1.807) is 0 Å². The van der Waals surface area contributed by atoms with Crippen LogP contribution >= 0.6 is 0 Å². The van der Waals surface area contributed by atoms with Gasteiger partial charge in [0, 0.05) is 17.0 Å². The minimum atomic E-state index is -1.35. The Bertz CT molecular complexity index is 1320. The number of hydrogen-bond donors (Lipinski definition) is 3. The van der Waals surface area contributed by atoms with Crippen molar-refractivity contribution >= 4 is 27.9 Å². The summed E-state index contributed by atoms with van der Waals surface area (Å²) < 4.78 is 21.3. The number of rotatable bonds is 4. The van der Waals surface area contributed by atoms with Crippen LogP contribution in [0.5, 0.6) is 23.0 Å². The molecule has 9 heteroatoms. The monoisotopic (exact) mass is 399 g/mol. The highest BCUT2D eigenvalue weighted by Crippen LogP contribution is 2.45. The standard InChI is InChI=1S/C20H14O9/c1-26-13-3-8(4-14(27-2)18(13)23)19-17(22)10-7-15(20(24)25)28-11-5-9(21)6-12(29-19)16(10)11/h3-7,22-23H,1-2H3,(H,24,25)/p+1. The summed E-state index contributed by atoms with van der Waals surface area (Å²) in [6.07, 6.45) is 0. The number of methoxy groups -OCH3 is 2. The molecule has 0 aliphatic heterocycles. The maximum absolute atomic E-state index is 11.4. The second-order valence-corrected chi connectivity index (χ2v) is 6.16. The molecule has 0 spiro atoms. The lowest BCUT2D eigenvalue weighted by atomic mass is 10.0. The van der Waals surface area contributed by atoms with Crippen molar-refractivity contribution in [2.24, 2.45) is 0 Å². The lowest BCUT2D eigenvalue weighted by Gasteiger charge is -2.14. The zero-order valence-corrected chi connectivity index (χ0v) is 15.2. The third-order valence-electron chi connectivity index (χ3n) is 4.45. The van der Waals surface area contributed by atoms with Gasteiger partial charge in [0.1, 0.15) is 11.2 Å². The highest BCUT2D eigenvalue weighted by molar-refractivity contribution is 6.10. The Morgan fingerprint density at radius 1 is 0.931 bits per heavy atom. The van der Waals surface area contributed by atoms with Gasteiger partial charge in [-0.3, -0.25) is 4.79 Å². The van der Waals surface area contributed by atoms with Crippen LogP contribution in [0.4, 0.5) is 0 Å². The fourth-order valence-corrected chi connectivity index (χ4v) is 3.15. The number of hydrogen-bond acceptors (Lipinski definition) is 7. The normalized spacial score (nSPS) is 11.1. The van der Waals surface area contributed by atoms with Crippen LogP contribution in [0, 0.1) is 0 Å². The molecule has 0 saturated carbocycles. The average Bonchev–Trinajstić information content (AvgIpc) is 2.69. The predicted octanol–water partition coefficient (Wildman–Crippen LogP) is 2.98. The van der Waals surface area contributed by atoms with Crippen molar-refractivity contribution in [3.05, 3.63) is 41.5 Å². The lowest BCUT2D eigenvalue weighted by Crippen LogP contribution is -2.02. The van der Waals surface area contributed by atoms with E-state index >= 15 is 0 Å². The summed E-state index contributed by atoms with van der Waals surface area (Å²) in [7, 11) is 2.70. The van der Waals surface area contributed by atoms with Gasteiger partial charge in [0.25, 0.3) is 0 Å². The molecule has 0 aliphatic rings. The number of aromatic hydroxyl groups is 2. The van der Waals surface area contributed by atoms with Crippen LogP contribution < -0.4 is 14.9 Å². The van der Waals surface area contributed by atoms with Crippen LogP contribution in [-0.2, 0) is 0 Å². The van der Waals surface area contributed by atoms with E-state index in [9.17, 15) is 24.9 Å². The maximum Gasteiger partial charge on any atom is 0.371 e. The van der Waals surface area contributed by atoms with Crippen LogP contribution in [0.2, 0.25) is 0 Å². The van der Waals surface area contributed by atoms with Crippen LogP contribution in [0.25, 0.3) is 33.3 Å². The third kappa shape index (κ3) is 2.80. The van der Waals surface area contributed by atoms with Crippen molar-refractivity contribution in [2.75, 3.05) is 14.2 Å². The van der Waals surface area contributed by atoms with Gasteiger partial charge in [0.2, 0.25) is 11.5 Å².